The first-order chi connectivity index (χ1) is 8.81. The third-order valence-electron chi connectivity index (χ3n) is 2.46. The van der Waals surface area contributed by atoms with Gasteiger partial charge >= 0.3 is 0 Å². The molecule has 0 bridgehead atoms. The maximum atomic E-state index is 8.66. The van der Waals surface area contributed by atoms with Gasteiger partial charge in [0, 0.05) is 18.9 Å². The van der Waals surface area contributed by atoms with E-state index in [2.05, 4.69) is 4.98 Å². The Kier molecular flexibility index (Phi) is 3.53. The van der Waals surface area contributed by atoms with E-state index in [4.69, 9.17) is 10.5 Å². The van der Waals surface area contributed by atoms with Crippen LogP contribution in [0.1, 0.15) is 11.1 Å². The molecule has 2 rings (SSSR count). The molecule has 18 heavy (non-hydrogen) atoms. The number of hydrogen-bond acceptors (Lipinski definition) is 3. The maximum Gasteiger partial charge on any atom is 0.130 e. The standard InChI is InChI=1S/C14H10N4/c15-8-14(9-16)7-12-1-3-13(4-2-12)10-18-6-5-17-11-18/h1-7,11H,10H2. The molecule has 0 aliphatic heterocycles. The van der Waals surface area contributed by atoms with E-state index in [0.717, 1.165) is 17.7 Å². The minimum absolute atomic E-state index is 0.109. The fourth-order valence-corrected chi connectivity index (χ4v) is 1.57. The first-order valence-electron chi connectivity index (χ1n) is 5.38. The second-order valence-corrected chi connectivity index (χ2v) is 3.76. The van der Waals surface area contributed by atoms with E-state index in [1.54, 1.807) is 18.6 Å². The van der Waals surface area contributed by atoms with E-state index in [-0.39, 0.29) is 5.57 Å². The fraction of sp³-hybridized carbons (Fsp3) is 0.0714. The average Bonchev–Trinajstić information content (AvgIpc) is 2.91. The zero-order valence-corrected chi connectivity index (χ0v) is 9.61. The summed E-state index contributed by atoms with van der Waals surface area (Å²) in [6.07, 6.45) is 6.97. The third kappa shape index (κ3) is 2.84. The summed E-state index contributed by atoms with van der Waals surface area (Å²) in [4.78, 5) is 3.98. The molecule has 0 atom stereocenters. The molecule has 0 saturated carbocycles. The van der Waals surface area contributed by atoms with Gasteiger partial charge in [0.1, 0.15) is 17.7 Å². The minimum atomic E-state index is 0.109. The normalized spacial score (nSPS) is 9.22. The number of hydrogen-bond donors (Lipinski definition) is 0. The highest BCUT2D eigenvalue weighted by Crippen LogP contribution is 2.09. The summed E-state index contributed by atoms with van der Waals surface area (Å²) in [6, 6.07) is 11.4. The van der Waals surface area contributed by atoms with Crippen LogP contribution in [0.3, 0.4) is 0 Å². The van der Waals surface area contributed by atoms with Gasteiger partial charge in [-0.25, -0.2) is 4.98 Å². The SMILES string of the molecule is N#CC(C#N)=Cc1ccc(Cn2ccnc2)cc1. The van der Waals surface area contributed by atoms with Crippen molar-refractivity contribution < 1.29 is 0 Å². The number of nitrogens with zero attached hydrogens (tertiary/aromatic N) is 4. The van der Waals surface area contributed by atoms with Crippen molar-refractivity contribution in [2.24, 2.45) is 0 Å². The summed E-state index contributed by atoms with van der Waals surface area (Å²) in [7, 11) is 0. The Morgan fingerprint density at radius 3 is 2.50 bits per heavy atom. The number of benzene rings is 1. The molecule has 0 saturated heterocycles. The summed E-state index contributed by atoms with van der Waals surface area (Å²) in [6.45, 7) is 0.757. The van der Waals surface area contributed by atoms with Crippen molar-refractivity contribution in [3.05, 3.63) is 59.7 Å². The molecule has 1 heterocycles. The highest BCUT2D eigenvalue weighted by atomic mass is 15.0. The summed E-state index contributed by atoms with van der Waals surface area (Å²) >= 11 is 0. The molecule has 0 aliphatic rings. The highest BCUT2D eigenvalue weighted by molar-refractivity contribution is 5.61. The lowest BCUT2D eigenvalue weighted by Gasteiger charge is -2.02. The van der Waals surface area contributed by atoms with Crippen LogP contribution >= 0.6 is 0 Å². The van der Waals surface area contributed by atoms with Gasteiger partial charge in [0.2, 0.25) is 0 Å². The van der Waals surface area contributed by atoms with Crippen LogP contribution < -0.4 is 0 Å². The number of aromatic nitrogens is 2. The highest BCUT2D eigenvalue weighted by Gasteiger charge is 1.96. The minimum Gasteiger partial charge on any atom is -0.333 e. The average molecular weight is 234 g/mol. The van der Waals surface area contributed by atoms with Gasteiger partial charge in [-0.1, -0.05) is 24.3 Å². The van der Waals surface area contributed by atoms with Gasteiger partial charge in [-0.2, -0.15) is 10.5 Å². The first kappa shape index (κ1) is 11.6. The Labute approximate surface area is 105 Å². The van der Waals surface area contributed by atoms with Crippen LogP contribution in [0.25, 0.3) is 6.08 Å². The van der Waals surface area contributed by atoms with Crippen LogP contribution in [-0.2, 0) is 6.54 Å². The molecule has 1 aromatic carbocycles. The van der Waals surface area contributed by atoms with Crippen molar-refractivity contribution in [2.45, 2.75) is 6.54 Å². The predicted molar refractivity (Wildman–Crippen MR) is 67.0 cm³/mol. The Hall–Kier alpha value is -2.85. The van der Waals surface area contributed by atoms with Gasteiger partial charge in [-0.15, -0.1) is 0 Å². The van der Waals surface area contributed by atoms with Crippen LogP contribution in [0.5, 0.6) is 0 Å². The smallest absolute Gasteiger partial charge is 0.130 e. The van der Waals surface area contributed by atoms with Crippen molar-refractivity contribution in [2.75, 3.05) is 0 Å². The molecule has 0 unspecified atom stereocenters. The van der Waals surface area contributed by atoms with Gasteiger partial charge in [-0.3, -0.25) is 0 Å². The van der Waals surface area contributed by atoms with Crippen molar-refractivity contribution in [3.8, 4) is 12.1 Å². The molecule has 4 nitrogen and oxygen atoms in total. The Bertz CT molecular complexity index is 606. The fourth-order valence-electron chi connectivity index (χ4n) is 1.57. The molecular formula is C14H10N4. The summed E-state index contributed by atoms with van der Waals surface area (Å²) in [5, 5.41) is 17.3. The number of rotatable bonds is 3. The molecule has 0 amide bonds. The molecular weight excluding hydrogens is 224 g/mol. The van der Waals surface area contributed by atoms with Crippen LogP contribution in [0.4, 0.5) is 0 Å². The molecule has 2 aromatic rings. The lowest BCUT2D eigenvalue weighted by Crippen LogP contribution is -1.95. The second-order valence-electron chi connectivity index (χ2n) is 3.76. The second kappa shape index (κ2) is 5.47. The van der Waals surface area contributed by atoms with Crippen LogP contribution in [0.2, 0.25) is 0 Å². The number of imidazole rings is 1. The van der Waals surface area contributed by atoms with Crippen LogP contribution in [0.15, 0.2) is 48.6 Å². The van der Waals surface area contributed by atoms with Crippen molar-refractivity contribution in [1.29, 1.82) is 10.5 Å². The van der Waals surface area contributed by atoms with E-state index in [1.807, 2.05) is 47.2 Å². The van der Waals surface area contributed by atoms with Gasteiger partial charge in [-0.05, 0) is 17.2 Å². The largest absolute Gasteiger partial charge is 0.333 e. The molecule has 0 N–H and O–H groups in total. The molecule has 4 heteroatoms. The lowest BCUT2D eigenvalue weighted by molar-refractivity contribution is 0.797. The summed E-state index contributed by atoms with van der Waals surface area (Å²) < 4.78 is 1.97. The maximum absolute atomic E-state index is 8.66. The van der Waals surface area contributed by atoms with Crippen molar-refractivity contribution in [3.63, 3.8) is 0 Å². The molecule has 86 valence electrons. The Morgan fingerprint density at radius 1 is 1.22 bits per heavy atom. The Morgan fingerprint density at radius 2 is 1.94 bits per heavy atom. The Balaban J connectivity index is 2.14. The van der Waals surface area contributed by atoms with Crippen LogP contribution in [0, 0.1) is 22.7 Å². The molecule has 0 aliphatic carbocycles. The van der Waals surface area contributed by atoms with Crippen LogP contribution in [-0.4, -0.2) is 9.55 Å². The third-order valence-corrected chi connectivity index (χ3v) is 2.46. The lowest BCUT2D eigenvalue weighted by atomic mass is 10.1. The summed E-state index contributed by atoms with van der Waals surface area (Å²) in [5.41, 5.74) is 2.10. The van der Waals surface area contributed by atoms with E-state index in [1.165, 1.54) is 0 Å². The van der Waals surface area contributed by atoms with E-state index >= 15 is 0 Å². The molecule has 0 fully saturated rings. The van der Waals surface area contributed by atoms with E-state index in [9.17, 15) is 0 Å². The van der Waals surface area contributed by atoms with Gasteiger partial charge in [0.25, 0.3) is 0 Å². The molecule has 1 aromatic heterocycles. The number of nitriles is 2. The van der Waals surface area contributed by atoms with E-state index < -0.39 is 0 Å². The van der Waals surface area contributed by atoms with Gasteiger partial charge < -0.3 is 4.57 Å². The first-order valence-corrected chi connectivity index (χ1v) is 5.38. The van der Waals surface area contributed by atoms with Gasteiger partial charge in [0.05, 0.1) is 6.33 Å². The monoisotopic (exact) mass is 234 g/mol. The van der Waals surface area contributed by atoms with Gasteiger partial charge in [0.15, 0.2) is 0 Å². The van der Waals surface area contributed by atoms with Crippen molar-refractivity contribution >= 4 is 6.08 Å². The quantitative estimate of drug-likeness (QED) is 0.766. The number of allylic oxidation sites excluding steroid dienone is 1. The van der Waals surface area contributed by atoms with E-state index in [0.29, 0.717) is 0 Å². The predicted octanol–water partition coefficient (Wildman–Crippen LogP) is 2.36. The molecule has 0 spiro atoms. The molecule has 0 radical (unpaired) electrons. The van der Waals surface area contributed by atoms with Crippen molar-refractivity contribution in [1.82, 2.24) is 9.55 Å². The summed E-state index contributed by atoms with van der Waals surface area (Å²) in [5.74, 6) is 0. The topological polar surface area (TPSA) is 65.4 Å². The zero-order chi connectivity index (χ0) is 12.8. The zero-order valence-electron chi connectivity index (χ0n) is 9.61.